The highest BCUT2D eigenvalue weighted by Crippen LogP contribution is 2.35. The summed E-state index contributed by atoms with van der Waals surface area (Å²) in [6, 6.07) is 2.63. The van der Waals surface area contributed by atoms with Crippen molar-refractivity contribution < 1.29 is 22.4 Å². The van der Waals surface area contributed by atoms with E-state index in [4.69, 9.17) is 4.42 Å². The normalized spacial score (nSPS) is 12.1. The summed E-state index contributed by atoms with van der Waals surface area (Å²) in [4.78, 5) is 17.4. The van der Waals surface area contributed by atoms with Crippen LogP contribution in [0.5, 0.6) is 0 Å². The van der Waals surface area contributed by atoms with Gasteiger partial charge in [0.2, 0.25) is 5.91 Å². The van der Waals surface area contributed by atoms with Gasteiger partial charge in [0, 0.05) is 23.5 Å². The first-order valence-corrected chi connectivity index (χ1v) is 7.77. The Morgan fingerprint density at radius 3 is 2.69 bits per heavy atom. The van der Waals surface area contributed by atoms with Crippen molar-refractivity contribution in [3.8, 4) is 11.1 Å². The minimum absolute atomic E-state index is 0.0483. The average molecular weight is 366 g/mol. The molecule has 0 aliphatic heterocycles. The van der Waals surface area contributed by atoms with E-state index in [2.05, 4.69) is 10.3 Å². The Labute approximate surface area is 147 Å². The molecule has 9 heteroatoms. The monoisotopic (exact) mass is 366 g/mol. The van der Waals surface area contributed by atoms with Crippen LogP contribution in [0.3, 0.4) is 0 Å². The number of nitrogens with zero attached hydrogens (tertiary/aromatic N) is 3. The van der Waals surface area contributed by atoms with Crippen molar-refractivity contribution in [2.45, 2.75) is 12.7 Å². The molecule has 26 heavy (non-hydrogen) atoms. The molecule has 0 bridgehead atoms. The molecule has 0 aromatic carbocycles. The van der Waals surface area contributed by atoms with Crippen LogP contribution in [0, 0.1) is 0 Å². The largest absolute Gasteiger partial charge is 0.472 e. The van der Waals surface area contributed by atoms with Crippen molar-refractivity contribution in [3.05, 3.63) is 48.3 Å². The summed E-state index contributed by atoms with van der Waals surface area (Å²) < 4.78 is 46.6. The number of halogens is 3. The molecule has 0 saturated carbocycles. The molecule has 0 radical (unpaired) electrons. The van der Waals surface area contributed by atoms with Crippen LogP contribution in [-0.4, -0.2) is 40.8 Å². The molecule has 3 rings (SSSR count). The Morgan fingerprint density at radius 2 is 2.08 bits per heavy atom. The summed E-state index contributed by atoms with van der Waals surface area (Å²) in [5, 5.41) is 2.64. The average Bonchev–Trinajstić information content (AvgIpc) is 3.19. The Kier molecular flexibility index (Phi) is 4.73. The summed E-state index contributed by atoms with van der Waals surface area (Å²) in [7, 11) is 3.50. The number of aromatic nitrogens is 2. The van der Waals surface area contributed by atoms with Crippen LogP contribution >= 0.6 is 0 Å². The van der Waals surface area contributed by atoms with E-state index in [1.165, 1.54) is 23.1 Å². The number of imidazole rings is 1. The van der Waals surface area contributed by atoms with Gasteiger partial charge in [-0.3, -0.25) is 4.79 Å². The number of carbonyl (C=O) groups is 1. The van der Waals surface area contributed by atoms with Gasteiger partial charge in [0.05, 0.1) is 36.9 Å². The van der Waals surface area contributed by atoms with Gasteiger partial charge in [0.1, 0.15) is 5.65 Å². The second-order valence-electron chi connectivity index (χ2n) is 6.13. The van der Waals surface area contributed by atoms with Gasteiger partial charge in [-0.05, 0) is 26.2 Å². The zero-order valence-corrected chi connectivity index (χ0v) is 14.2. The lowest BCUT2D eigenvalue weighted by Crippen LogP contribution is -2.32. The van der Waals surface area contributed by atoms with Crippen LogP contribution in [0.15, 0.2) is 41.5 Å². The Morgan fingerprint density at radius 1 is 1.31 bits per heavy atom. The van der Waals surface area contributed by atoms with Crippen LogP contribution < -0.4 is 5.32 Å². The van der Waals surface area contributed by atoms with Crippen molar-refractivity contribution >= 4 is 11.6 Å². The van der Waals surface area contributed by atoms with E-state index in [9.17, 15) is 18.0 Å². The quantitative estimate of drug-likeness (QED) is 0.754. The molecule has 1 amide bonds. The van der Waals surface area contributed by atoms with Crippen LogP contribution in [0.1, 0.15) is 11.3 Å². The second-order valence-corrected chi connectivity index (χ2v) is 6.13. The van der Waals surface area contributed by atoms with E-state index in [-0.39, 0.29) is 24.6 Å². The lowest BCUT2D eigenvalue weighted by Gasteiger charge is -2.10. The maximum absolute atomic E-state index is 13.5. The van der Waals surface area contributed by atoms with Crippen molar-refractivity contribution in [2.24, 2.45) is 0 Å². The molecule has 0 spiro atoms. The minimum atomic E-state index is -4.56. The van der Waals surface area contributed by atoms with Gasteiger partial charge < -0.3 is 19.0 Å². The number of likely N-dealkylation sites (N-methyl/N-ethyl adjacent to an activating group) is 1. The molecule has 1 N–H and O–H groups in total. The van der Waals surface area contributed by atoms with Crippen LogP contribution in [-0.2, 0) is 17.5 Å². The first-order valence-electron chi connectivity index (χ1n) is 7.77. The summed E-state index contributed by atoms with van der Waals surface area (Å²) in [6.45, 7) is 0.235. The van der Waals surface area contributed by atoms with Crippen molar-refractivity contribution in [1.82, 2.24) is 19.6 Å². The number of hydrogen-bond donors (Lipinski definition) is 1. The standard InChI is InChI=1S/C17H17F3N4O2/c1-23(2)9-15(25)21-6-13-8-24-7-12(11-3-4-26-10-11)5-14(16(24)22-13)17(18,19)20/h3-5,7-8,10H,6,9H2,1-2H3,(H,21,25). The van der Waals surface area contributed by atoms with Crippen molar-refractivity contribution in [1.29, 1.82) is 0 Å². The zero-order chi connectivity index (χ0) is 18.9. The van der Waals surface area contributed by atoms with E-state index in [1.54, 1.807) is 31.3 Å². The van der Waals surface area contributed by atoms with E-state index >= 15 is 0 Å². The molecule has 3 aromatic rings. The highest BCUT2D eigenvalue weighted by molar-refractivity contribution is 5.77. The van der Waals surface area contributed by atoms with Gasteiger partial charge in [-0.2, -0.15) is 13.2 Å². The van der Waals surface area contributed by atoms with E-state index in [1.807, 2.05) is 0 Å². The first-order chi connectivity index (χ1) is 12.2. The van der Waals surface area contributed by atoms with Crippen molar-refractivity contribution in [3.63, 3.8) is 0 Å². The molecule has 6 nitrogen and oxygen atoms in total. The van der Waals surface area contributed by atoms with Gasteiger partial charge in [0.15, 0.2) is 0 Å². The maximum Gasteiger partial charge on any atom is 0.420 e. The van der Waals surface area contributed by atoms with Gasteiger partial charge in [-0.15, -0.1) is 0 Å². The summed E-state index contributed by atoms with van der Waals surface area (Å²) >= 11 is 0. The smallest absolute Gasteiger partial charge is 0.420 e. The maximum atomic E-state index is 13.5. The number of rotatable bonds is 5. The molecule has 0 aliphatic carbocycles. The predicted molar refractivity (Wildman–Crippen MR) is 88.3 cm³/mol. The lowest BCUT2D eigenvalue weighted by molar-refractivity contribution is -0.136. The Balaban J connectivity index is 1.95. The van der Waals surface area contributed by atoms with Crippen LogP contribution in [0.4, 0.5) is 13.2 Å². The summed E-state index contributed by atoms with van der Waals surface area (Å²) in [5.41, 5.74) is 0.182. The molecule has 0 saturated heterocycles. The summed E-state index contributed by atoms with van der Waals surface area (Å²) in [6.07, 6.45) is 1.24. The number of alkyl halides is 3. The van der Waals surface area contributed by atoms with E-state index in [0.29, 0.717) is 16.8 Å². The number of pyridine rings is 1. The van der Waals surface area contributed by atoms with Crippen molar-refractivity contribution in [2.75, 3.05) is 20.6 Å². The minimum Gasteiger partial charge on any atom is -0.472 e. The third-order valence-electron chi connectivity index (χ3n) is 3.69. The number of carbonyl (C=O) groups excluding carboxylic acids is 1. The fourth-order valence-electron chi connectivity index (χ4n) is 2.56. The fraction of sp³-hybridized carbons (Fsp3) is 0.294. The number of fused-ring (bicyclic) bond motifs is 1. The van der Waals surface area contributed by atoms with Crippen LogP contribution in [0.2, 0.25) is 0 Å². The van der Waals surface area contributed by atoms with Gasteiger partial charge in [-0.25, -0.2) is 4.98 Å². The molecular formula is C17H17F3N4O2. The molecular weight excluding hydrogens is 349 g/mol. The lowest BCUT2D eigenvalue weighted by atomic mass is 10.1. The predicted octanol–water partition coefficient (Wildman–Crippen LogP) is 2.79. The summed E-state index contributed by atoms with van der Waals surface area (Å²) in [5.74, 6) is -0.234. The molecule has 3 aromatic heterocycles. The van der Waals surface area contributed by atoms with E-state index < -0.39 is 11.7 Å². The third-order valence-corrected chi connectivity index (χ3v) is 3.69. The van der Waals surface area contributed by atoms with Gasteiger partial charge in [-0.1, -0.05) is 0 Å². The number of nitrogens with one attached hydrogen (secondary N) is 1. The molecule has 0 aliphatic rings. The SMILES string of the molecule is CN(C)CC(=O)NCc1cn2cc(-c3ccoc3)cc(C(F)(F)F)c2n1. The third kappa shape index (κ3) is 3.88. The highest BCUT2D eigenvalue weighted by atomic mass is 19.4. The second kappa shape index (κ2) is 6.83. The van der Waals surface area contributed by atoms with Crippen LogP contribution in [0.25, 0.3) is 16.8 Å². The number of furan rings is 1. The zero-order valence-electron chi connectivity index (χ0n) is 14.2. The van der Waals surface area contributed by atoms with Gasteiger partial charge in [0.25, 0.3) is 0 Å². The topological polar surface area (TPSA) is 62.8 Å². The Bertz CT molecular complexity index is 914. The number of amides is 1. The Hall–Kier alpha value is -2.81. The highest BCUT2D eigenvalue weighted by Gasteiger charge is 2.34. The fourth-order valence-corrected chi connectivity index (χ4v) is 2.56. The first kappa shape index (κ1) is 18.0. The molecule has 0 fully saturated rings. The van der Waals surface area contributed by atoms with E-state index in [0.717, 1.165) is 6.07 Å². The molecule has 0 atom stereocenters. The number of hydrogen-bond acceptors (Lipinski definition) is 4. The molecule has 138 valence electrons. The molecule has 3 heterocycles. The molecule has 0 unspecified atom stereocenters. The van der Waals surface area contributed by atoms with Gasteiger partial charge >= 0.3 is 6.18 Å².